The molecule has 0 heterocycles. The summed E-state index contributed by atoms with van der Waals surface area (Å²) < 4.78 is 5.76. The second-order valence-electron chi connectivity index (χ2n) is 5.95. The van der Waals surface area contributed by atoms with Gasteiger partial charge in [0.1, 0.15) is 11.5 Å². The molecular formula is C20H20O4. The highest BCUT2D eigenvalue weighted by Gasteiger charge is 2.34. The van der Waals surface area contributed by atoms with Gasteiger partial charge in [-0.05, 0) is 18.6 Å². The van der Waals surface area contributed by atoms with Crippen LogP contribution in [0.1, 0.15) is 64.4 Å². The summed E-state index contributed by atoms with van der Waals surface area (Å²) in [7, 11) is 0. The number of fused-ring (bicyclic) bond motifs is 2. The number of carbonyl (C=O) groups excluding carboxylic acids is 2. The fourth-order valence-electron chi connectivity index (χ4n) is 3.01. The molecule has 4 nitrogen and oxygen atoms in total. The van der Waals surface area contributed by atoms with Gasteiger partial charge in [0.2, 0.25) is 0 Å². The van der Waals surface area contributed by atoms with E-state index in [2.05, 4.69) is 6.92 Å². The van der Waals surface area contributed by atoms with Crippen molar-refractivity contribution >= 4 is 11.6 Å². The highest BCUT2D eigenvalue weighted by Crippen LogP contribution is 2.38. The quantitative estimate of drug-likeness (QED) is 0.693. The summed E-state index contributed by atoms with van der Waals surface area (Å²) in [4.78, 5) is 25.5. The summed E-state index contributed by atoms with van der Waals surface area (Å²) in [5.41, 5.74) is 0.903. The molecule has 2 aromatic carbocycles. The summed E-state index contributed by atoms with van der Waals surface area (Å²) >= 11 is 0. The van der Waals surface area contributed by atoms with Crippen molar-refractivity contribution in [1.29, 1.82) is 0 Å². The molecule has 3 rings (SSSR count). The van der Waals surface area contributed by atoms with Gasteiger partial charge in [0.25, 0.3) is 0 Å². The number of benzene rings is 2. The van der Waals surface area contributed by atoms with E-state index in [0.29, 0.717) is 23.5 Å². The van der Waals surface area contributed by atoms with Crippen LogP contribution in [0, 0.1) is 0 Å². The molecule has 2 aromatic rings. The second-order valence-corrected chi connectivity index (χ2v) is 5.95. The predicted octanol–water partition coefficient (Wildman–Crippen LogP) is 4.13. The van der Waals surface area contributed by atoms with Crippen molar-refractivity contribution in [3.05, 3.63) is 58.7 Å². The van der Waals surface area contributed by atoms with Crippen molar-refractivity contribution in [3.8, 4) is 11.5 Å². The molecule has 0 radical (unpaired) electrons. The number of ketones is 2. The maximum atomic E-state index is 12.8. The van der Waals surface area contributed by atoms with E-state index in [1.807, 2.05) is 0 Å². The van der Waals surface area contributed by atoms with Gasteiger partial charge in [0, 0.05) is 11.1 Å². The lowest BCUT2D eigenvalue weighted by Crippen LogP contribution is -2.22. The molecule has 0 spiro atoms. The Labute approximate surface area is 141 Å². The molecule has 0 aromatic heterocycles. The zero-order valence-corrected chi connectivity index (χ0v) is 13.7. The average molecular weight is 324 g/mol. The number of phenols is 1. The van der Waals surface area contributed by atoms with E-state index in [0.717, 1.165) is 25.7 Å². The third-order valence-corrected chi connectivity index (χ3v) is 4.27. The average Bonchev–Trinajstić information content (AvgIpc) is 2.60. The van der Waals surface area contributed by atoms with Crippen molar-refractivity contribution < 1.29 is 19.4 Å². The number of carbonyl (C=O) groups is 2. The molecule has 0 fully saturated rings. The number of phenolic OH excluding ortho intramolecular Hbond substituents is 1. The molecular weight excluding hydrogens is 304 g/mol. The van der Waals surface area contributed by atoms with Crippen LogP contribution in [0.15, 0.2) is 36.4 Å². The van der Waals surface area contributed by atoms with Crippen LogP contribution in [0.5, 0.6) is 11.5 Å². The minimum absolute atomic E-state index is 0.0461. The zero-order valence-electron chi connectivity index (χ0n) is 13.7. The highest BCUT2D eigenvalue weighted by atomic mass is 16.5. The van der Waals surface area contributed by atoms with E-state index in [9.17, 15) is 14.7 Å². The molecule has 1 aliphatic rings. The van der Waals surface area contributed by atoms with E-state index in [1.54, 1.807) is 30.3 Å². The van der Waals surface area contributed by atoms with Gasteiger partial charge in [-0.3, -0.25) is 9.59 Å². The zero-order chi connectivity index (χ0) is 17.1. The van der Waals surface area contributed by atoms with Crippen LogP contribution in [0.4, 0.5) is 0 Å². The molecule has 0 atom stereocenters. The fourth-order valence-corrected chi connectivity index (χ4v) is 3.01. The minimum atomic E-state index is -0.339. The molecule has 1 aliphatic carbocycles. The van der Waals surface area contributed by atoms with E-state index in [1.165, 1.54) is 6.07 Å². The smallest absolute Gasteiger partial charge is 0.198 e. The maximum Gasteiger partial charge on any atom is 0.198 e. The van der Waals surface area contributed by atoms with Crippen LogP contribution >= 0.6 is 0 Å². The standard InChI is InChI=1S/C20H20O4/c1-2-3-4-7-12-24-16-11-10-15(21)17-18(16)20(23)14-9-6-5-8-13(14)19(17)22/h5-6,8-11,21H,2-4,7,12H2,1H3. The van der Waals surface area contributed by atoms with E-state index < -0.39 is 0 Å². The molecule has 4 heteroatoms. The summed E-state index contributed by atoms with van der Waals surface area (Å²) in [6.07, 6.45) is 4.23. The Balaban J connectivity index is 1.95. The van der Waals surface area contributed by atoms with Gasteiger partial charge in [-0.2, -0.15) is 0 Å². The topological polar surface area (TPSA) is 63.6 Å². The first-order chi connectivity index (χ1) is 11.6. The lowest BCUT2D eigenvalue weighted by Gasteiger charge is -2.21. The first kappa shape index (κ1) is 16.2. The van der Waals surface area contributed by atoms with Crippen molar-refractivity contribution in [1.82, 2.24) is 0 Å². The minimum Gasteiger partial charge on any atom is -0.507 e. The van der Waals surface area contributed by atoms with Crippen LogP contribution in [-0.4, -0.2) is 23.3 Å². The first-order valence-corrected chi connectivity index (χ1v) is 8.32. The Hall–Kier alpha value is -2.62. The summed E-state index contributed by atoms with van der Waals surface area (Å²) in [5, 5.41) is 10.1. The molecule has 0 saturated carbocycles. The van der Waals surface area contributed by atoms with Gasteiger partial charge in [0.15, 0.2) is 11.6 Å². The van der Waals surface area contributed by atoms with Gasteiger partial charge >= 0.3 is 0 Å². The highest BCUT2D eigenvalue weighted by molar-refractivity contribution is 6.30. The van der Waals surface area contributed by atoms with E-state index >= 15 is 0 Å². The molecule has 1 N–H and O–H groups in total. The van der Waals surface area contributed by atoms with Crippen LogP contribution in [0.3, 0.4) is 0 Å². The van der Waals surface area contributed by atoms with Crippen LogP contribution < -0.4 is 4.74 Å². The van der Waals surface area contributed by atoms with Crippen LogP contribution in [0.25, 0.3) is 0 Å². The third kappa shape index (κ3) is 2.80. The summed E-state index contributed by atoms with van der Waals surface area (Å²) in [5.74, 6) is -0.433. The fraction of sp³-hybridized carbons (Fsp3) is 0.300. The monoisotopic (exact) mass is 324 g/mol. The van der Waals surface area contributed by atoms with Gasteiger partial charge in [-0.1, -0.05) is 50.5 Å². The molecule has 0 amide bonds. The third-order valence-electron chi connectivity index (χ3n) is 4.27. The Bertz CT molecular complexity index is 792. The molecule has 124 valence electrons. The van der Waals surface area contributed by atoms with Crippen LogP contribution in [-0.2, 0) is 0 Å². The molecule has 0 aliphatic heterocycles. The van der Waals surface area contributed by atoms with Crippen molar-refractivity contribution in [3.63, 3.8) is 0 Å². The molecule has 24 heavy (non-hydrogen) atoms. The lowest BCUT2D eigenvalue weighted by atomic mass is 9.83. The maximum absolute atomic E-state index is 12.8. The Morgan fingerprint density at radius 1 is 0.875 bits per heavy atom. The van der Waals surface area contributed by atoms with Crippen molar-refractivity contribution in [2.75, 3.05) is 6.61 Å². The molecule has 0 bridgehead atoms. The van der Waals surface area contributed by atoms with E-state index in [-0.39, 0.29) is 28.4 Å². The van der Waals surface area contributed by atoms with Gasteiger partial charge in [0.05, 0.1) is 17.7 Å². The summed E-state index contributed by atoms with van der Waals surface area (Å²) in [6.45, 7) is 2.62. The van der Waals surface area contributed by atoms with Gasteiger partial charge in [-0.25, -0.2) is 0 Å². The summed E-state index contributed by atoms with van der Waals surface area (Å²) in [6, 6.07) is 9.65. The Morgan fingerprint density at radius 3 is 2.21 bits per heavy atom. The first-order valence-electron chi connectivity index (χ1n) is 8.32. The number of hydrogen-bond acceptors (Lipinski definition) is 4. The molecule has 0 unspecified atom stereocenters. The Morgan fingerprint density at radius 2 is 1.54 bits per heavy atom. The van der Waals surface area contributed by atoms with Crippen molar-refractivity contribution in [2.24, 2.45) is 0 Å². The normalized spacial score (nSPS) is 12.7. The number of ether oxygens (including phenoxy) is 1. The SMILES string of the molecule is CCCCCCOc1ccc(O)c2c1C(=O)c1ccccc1C2=O. The van der Waals surface area contributed by atoms with E-state index in [4.69, 9.17) is 4.74 Å². The van der Waals surface area contributed by atoms with Crippen molar-refractivity contribution in [2.45, 2.75) is 32.6 Å². The number of aromatic hydroxyl groups is 1. The number of hydrogen-bond donors (Lipinski definition) is 1. The molecule has 0 saturated heterocycles. The lowest BCUT2D eigenvalue weighted by molar-refractivity contribution is 0.0973. The van der Waals surface area contributed by atoms with Gasteiger partial charge < -0.3 is 9.84 Å². The number of rotatable bonds is 6. The largest absolute Gasteiger partial charge is 0.507 e. The van der Waals surface area contributed by atoms with Gasteiger partial charge in [-0.15, -0.1) is 0 Å². The number of unbranched alkanes of at least 4 members (excludes halogenated alkanes) is 3. The Kier molecular flexibility index (Phi) is 4.65. The predicted molar refractivity (Wildman–Crippen MR) is 91.1 cm³/mol. The second kappa shape index (κ2) is 6.87. The van der Waals surface area contributed by atoms with Crippen LogP contribution in [0.2, 0.25) is 0 Å².